The maximum Gasteiger partial charge on any atom is 0.258 e. The van der Waals surface area contributed by atoms with Crippen molar-refractivity contribution in [2.45, 2.75) is 19.8 Å². The van der Waals surface area contributed by atoms with Gasteiger partial charge in [0.25, 0.3) is 5.91 Å². The van der Waals surface area contributed by atoms with Gasteiger partial charge in [-0.3, -0.25) is 4.79 Å². The zero-order valence-corrected chi connectivity index (χ0v) is 8.66. The summed E-state index contributed by atoms with van der Waals surface area (Å²) in [6.07, 6.45) is 3.44. The highest BCUT2D eigenvalue weighted by molar-refractivity contribution is 5.94. The van der Waals surface area contributed by atoms with E-state index in [4.69, 9.17) is 0 Å². The predicted octanol–water partition coefficient (Wildman–Crippen LogP) is 1.77. The number of amides is 1. The molecule has 0 aromatic carbocycles. The van der Waals surface area contributed by atoms with Crippen LogP contribution in [0.4, 0.5) is 4.39 Å². The number of rotatable bonds is 1. The zero-order valence-electron chi connectivity index (χ0n) is 8.66. The van der Waals surface area contributed by atoms with Gasteiger partial charge < -0.3 is 4.90 Å². The monoisotopic (exact) mass is 208 g/mol. The van der Waals surface area contributed by atoms with Crippen molar-refractivity contribution in [2.75, 3.05) is 13.1 Å². The number of halogens is 1. The average molecular weight is 208 g/mol. The molecule has 0 bridgehead atoms. The fraction of sp³-hybridized carbons (Fsp3) is 0.455. The molecule has 15 heavy (non-hydrogen) atoms. The molecule has 1 fully saturated rings. The van der Waals surface area contributed by atoms with Crippen LogP contribution in [0.5, 0.6) is 0 Å². The lowest BCUT2D eigenvalue weighted by molar-refractivity contribution is 0.0787. The molecular formula is C11H13FN2O. The van der Waals surface area contributed by atoms with Gasteiger partial charge in [0.2, 0.25) is 5.95 Å². The Kier molecular flexibility index (Phi) is 2.66. The Hall–Kier alpha value is -1.45. The lowest BCUT2D eigenvalue weighted by Crippen LogP contribution is -2.28. The van der Waals surface area contributed by atoms with Crippen molar-refractivity contribution in [2.24, 2.45) is 0 Å². The highest BCUT2D eigenvalue weighted by Crippen LogP contribution is 2.15. The van der Waals surface area contributed by atoms with Gasteiger partial charge in [0, 0.05) is 19.3 Å². The van der Waals surface area contributed by atoms with Crippen molar-refractivity contribution in [3.8, 4) is 0 Å². The summed E-state index contributed by atoms with van der Waals surface area (Å²) in [5, 5.41) is 0. The smallest absolute Gasteiger partial charge is 0.258 e. The summed E-state index contributed by atoms with van der Waals surface area (Å²) in [5.74, 6) is -0.904. The summed E-state index contributed by atoms with van der Waals surface area (Å²) in [6, 6.07) is 1.56. The minimum Gasteiger partial charge on any atom is -0.339 e. The number of carbonyl (C=O) groups excluding carboxylic acids is 1. The SMILES string of the molecule is Cc1cnc(F)c(C(=O)N2CCCC2)c1. The standard InChI is InChI=1S/C11H13FN2O/c1-8-6-9(10(12)13-7-8)11(15)14-4-2-3-5-14/h6-7H,2-5H2,1H3. The molecule has 0 saturated carbocycles. The fourth-order valence-electron chi connectivity index (χ4n) is 1.79. The normalized spacial score (nSPS) is 15.7. The Balaban J connectivity index is 2.27. The number of hydrogen-bond acceptors (Lipinski definition) is 2. The Bertz CT molecular complexity index is 386. The van der Waals surface area contributed by atoms with E-state index in [1.807, 2.05) is 0 Å². The predicted molar refractivity (Wildman–Crippen MR) is 54.1 cm³/mol. The highest BCUT2D eigenvalue weighted by atomic mass is 19.1. The summed E-state index contributed by atoms with van der Waals surface area (Å²) in [5.41, 5.74) is 0.899. The molecular weight excluding hydrogens is 195 g/mol. The number of nitrogens with zero attached hydrogens (tertiary/aromatic N) is 2. The van der Waals surface area contributed by atoms with E-state index in [9.17, 15) is 9.18 Å². The molecule has 1 aromatic rings. The number of hydrogen-bond donors (Lipinski definition) is 0. The molecule has 4 heteroatoms. The molecule has 0 N–H and O–H groups in total. The first-order valence-electron chi connectivity index (χ1n) is 5.10. The van der Waals surface area contributed by atoms with E-state index in [0.29, 0.717) is 0 Å². The molecule has 1 aliphatic rings. The highest BCUT2D eigenvalue weighted by Gasteiger charge is 2.22. The fourth-order valence-corrected chi connectivity index (χ4v) is 1.79. The van der Waals surface area contributed by atoms with E-state index in [1.54, 1.807) is 17.9 Å². The number of pyridine rings is 1. The van der Waals surface area contributed by atoms with Crippen molar-refractivity contribution in [3.63, 3.8) is 0 Å². The molecule has 2 rings (SSSR count). The van der Waals surface area contributed by atoms with Crippen LogP contribution in [0, 0.1) is 12.9 Å². The maximum absolute atomic E-state index is 13.3. The molecule has 1 aromatic heterocycles. The van der Waals surface area contributed by atoms with Crippen LogP contribution in [0.15, 0.2) is 12.3 Å². The van der Waals surface area contributed by atoms with Gasteiger partial charge >= 0.3 is 0 Å². The van der Waals surface area contributed by atoms with Gasteiger partial charge in [-0.05, 0) is 31.4 Å². The maximum atomic E-state index is 13.3. The van der Waals surface area contributed by atoms with E-state index >= 15 is 0 Å². The van der Waals surface area contributed by atoms with Crippen molar-refractivity contribution < 1.29 is 9.18 Å². The summed E-state index contributed by atoms with van der Waals surface area (Å²) in [4.78, 5) is 17.1. The quantitative estimate of drug-likeness (QED) is 0.659. The minimum absolute atomic E-state index is 0.0944. The molecule has 1 amide bonds. The molecule has 0 atom stereocenters. The van der Waals surface area contributed by atoms with Crippen molar-refractivity contribution >= 4 is 5.91 Å². The number of likely N-dealkylation sites (tertiary alicyclic amines) is 1. The van der Waals surface area contributed by atoms with Crippen LogP contribution in [0.25, 0.3) is 0 Å². The van der Waals surface area contributed by atoms with Crippen LogP contribution >= 0.6 is 0 Å². The second-order valence-electron chi connectivity index (χ2n) is 3.85. The second-order valence-corrected chi connectivity index (χ2v) is 3.85. The van der Waals surface area contributed by atoms with E-state index in [-0.39, 0.29) is 11.5 Å². The first-order valence-corrected chi connectivity index (χ1v) is 5.10. The molecule has 0 aliphatic carbocycles. The topological polar surface area (TPSA) is 33.2 Å². The van der Waals surface area contributed by atoms with Crippen molar-refractivity contribution in [1.29, 1.82) is 0 Å². The van der Waals surface area contributed by atoms with Crippen LogP contribution < -0.4 is 0 Å². The van der Waals surface area contributed by atoms with Gasteiger partial charge in [-0.25, -0.2) is 4.98 Å². The molecule has 1 saturated heterocycles. The van der Waals surface area contributed by atoms with Gasteiger partial charge in [-0.2, -0.15) is 4.39 Å². The lowest BCUT2D eigenvalue weighted by atomic mass is 10.2. The van der Waals surface area contributed by atoms with E-state index < -0.39 is 5.95 Å². The van der Waals surface area contributed by atoms with Crippen LogP contribution in [0.3, 0.4) is 0 Å². The van der Waals surface area contributed by atoms with E-state index in [1.165, 1.54) is 6.20 Å². The first kappa shape index (κ1) is 10.1. The van der Waals surface area contributed by atoms with Crippen LogP contribution in [-0.4, -0.2) is 28.9 Å². The van der Waals surface area contributed by atoms with Crippen LogP contribution in [0.1, 0.15) is 28.8 Å². The molecule has 0 unspecified atom stereocenters. The Morgan fingerprint density at radius 3 is 2.80 bits per heavy atom. The summed E-state index contributed by atoms with van der Waals surface area (Å²) in [7, 11) is 0. The third-order valence-electron chi connectivity index (χ3n) is 2.60. The Labute approximate surface area is 87.9 Å². The average Bonchev–Trinajstić information content (AvgIpc) is 2.74. The van der Waals surface area contributed by atoms with Crippen molar-refractivity contribution in [3.05, 3.63) is 29.3 Å². The molecule has 1 aliphatic heterocycles. The van der Waals surface area contributed by atoms with Gasteiger partial charge in [0.1, 0.15) is 0 Å². The third-order valence-corrected chi connectivity index (χ3v) is 2.60. The zero-order chi connectivity index (χ0) is 10.8. The van der Waals surface area contributed by atoms with Crippen LogP contribution in [0.2, 0.25) is 0 Å². The van der Waals surface area contributed by atoms with Gasteiger partial charge in [0.05, 0.1) is 5.56 Å². The van der Waals surface area contributed by atoms with Crippen LogP contribution in [-0.2, 0) is 0 Å². The molecule has 0 spiro atoms. The number of carbonyl (C=O) groups is 1. The first-order chi connectivity index (χ1) is 7.18. The number of aromatic nitrogens is 1. The summed E-state index contributed by atoms with van der Waals surface area (Å²) in [6.45, 7) is 3.26. The van der Waals surface area contributed by atoms with Gasteiger partial charge in [-0.1, -0.05) is 0 Å². The lowest BCUT2D eigenvalue weighted by Gasteiger charge is -2.15. The van der Waals surface area contributed by atoms with E-state index in [0.717, 1.165) is 31.5 Å². The number of aryl methyl sites for hydroxylation is 1. The van der Waals surface area contributed by atoms with Gasteiger partial charge in [0.15, 0.2) is 0 Å². The third kappa shape index (κ3) is 1.98. The van der Waals surface area contributed by atoms with Gasteiger partial charge in [-0.15, -0.1) is 0 Å². The molecule has 3 nitrogen and oxygen atoms in total. The van der Waals surface area contributed by atoms with E-state index in [2.05, 4.69) is 4.98 Å². The summed E-state index contributed by atoms with van der Waals surface area (Å²) < 4.78 is 13.3. The largest absolute Gasteiger partial charge is 0.339 e. The summed E-state index contributed by atoms with van der Waals surface area (Å²) >= 11 is 0. The minimum atomic E-state index is -0.669. The molecule has 0 radical (unpaired) electrons. The van der Waals surface area contributed by atoms with Crippen molar-refractivity contribution in [1.82, 2.24) is 9.88 Å². The molecule has 2 heterocycles. The second kappa shape index (κ2) is 3.96. The Morgan fingerprint density at radius 1 is 1.47 bits per heavy atom. The molecule has 80 valence electrons. The Morgan fingerprint density at radius 2 is 2.13 bits per heavy atom.